The van der Waals surface area contributed by atoms with Crippen LogP contribution in [0.25, 0.3) is 0 Å². The van der Waals surface area contributed by atoms with Crippen LogP contribution >= 0.6 is 0 Å². The Bertz CT molecular complexity index is 135. The van der Waals surface area contributed by atoms with Gasteiger partial charge in [0, 0.05) is 26.2 Å². The zero-order valence-corrected chi connectivity index (χ0v) is 8.95. The Balaban J connectivity index is 1.87. The number of hydrogen-bond donors (Lipinski definition) is 1. The third-order valence-electron chi connectivity index (χ3n) is 2.23. The van der Waals surface area contributed by atoms with Crippen LogP contribution < -0.4 is 0 Å². The number of hydrogen-bond acceptors (Lipinski definition) is 4. The van der Waals surface area contributed by atoms with E-state index in [9.17, 15) is 0 Å². The zero-order valence-electron chi connectivity index (χ0n) is 8.95. The molecule has 4 heteroatoms. The van der Waals surface area contributed by atoms with Crippen molar-refractivity contribution in [3.63, 3.8) is 0 Å². The number of morpholine rings is 1. The number of rotatable bonds is 6. The molecule has 0 aromatic carbocycles. The molecule has 0 aromatic heterocycles. The predicted molar refractivity (Wildman–Crippen MR) is 54.4 cm³/mol. The van der Waals surface area contributed by atoms with E-state index in [1.165, 1.54) is 0 Å². The molecule has 0 spiro atoms. The van der Waals surface area contributed by atoms with Crippen LogP contribution in [0.4, 0.5) is 0 Å². The van der Waals surface area contributed by atoms with Crippen molar-refractivity contribution >= 4 is 0 Å². The fraction of sp³-hybridized carbons (Fsp3) is 1.00. The van der Waals surface area contributed by atoms with Crippen molar-refractivity contribution in [2.24, 2.45) is 0 Å². The molecule has 84 valence electrons. The lowest BCUT2D eigenvalue weighted by Gasteiger charge is -2.26. The second-order valence-electron chi connectivity index (χ2n) is 3.73. The second-order valence-corrected chi connectivity index (χ2v) is 3.73. The van der Waals surface area contributed by atoms with E-state index < -0.39 is 0 Å². The first kappa shape index (κ1) is 11.9. The fourth-order valence-corrected chi connectivity index (χ4v) is 1.47. The van der Waals surface area contributed by atoms with Gasteiger partial charge in [-0.1, -0.05) is 0 Å². The van der Waals surface area contributed by atoms with Gasteiger partial charge >= 0.3 is 0 Å². The van der Waals surface area contributed by atoms with E-state index >= 15 is 0 Å². The SMILES string of the molecule is CC(O)COCCCN1CCOCC1. The van der Waals surface area contributed by atoms with Crippen molar-refractivity contribution in [2.45, 2.75) is 19.4 Å². The molecule has 1 fully saturated rings. The first-order valence-corrected chi connectivity index (χ1v) is 5.35. The van der Waals surface area contributed by atoms with Gasteiger partial charge in [-0.3, -0.25) is 4.90 Å². The Labute approximate surface area is 85.8 Å². The molecule has 0 bridgehead atoms. The molecular weight excluding hydrogens is 182 g/mol. The second kappa shape index (κ2) is 7.17. The van der Waals surface area contributed by atoms with Crippen molar-refractivity contribution in [3.05, 3.63) is 0 Å². The Kier molecular flexibility index (Phi) is 6.10. The molecule has 14 heavy (non-hydrogen) atoms. The van der Waals surface area contributed by atoms with E-state index in [4.69, 9.17) is 14.6 Å². The van der Waals surface area contributed by atoms with Gasteiger partial charge in [0.05, 0.1) is 25.9 Å². The van der Waals surface area contributed by atoms with Crippen LogP contribution in [0.15, 0.2) is 0 Å². The van der Waals surface area contributed by atoms with E-state index in [1.54, 1.807) is 6.92 Å². The molecule has 1 aliphatic rings. The highest BCUT2D eigenvalue weighted by molar-refractivity contribution is 4.61. The van der Waals surface area contributed by atoms with Crippen LogP contribution in [0.5, 0.6) is 0 Å². The normalized spacial score (nSPS) is 21.0. The van der Waals surface area contributed by atoms with Gasteiger partial charge < -0.3 is 14.6 Å². The van der Waals surface area contributed by atoms with Gasteiger partial charge in [-0.05, 0) is 13.3 Å². The monoisotopic (exact) mass is 203 g/mol. The van der Waals surface area contributed by atoms with E-state index in [0.717, 1.165) is 45.9 Å². The maximum absolute atomic E-state index is 8.95. The third-order valence-corrected chi connectivity index (χ3v) is 2.23. The molecule has 0 amide bonds. The molecule has 0 aromatic rings. The van der Waals surface area contributed by atoms with Crippen molar-refractivity contribution in [3.8, 4) is 0 Å². The quantitative estimate of drug-likeness (QED) is 0.622. The largest absolute Gasteiger partial charge is 0.391 e. The van der Waals surface area contributed by atoms with Crippen LogP contribution in [0.2, 0.25) is 0 Å². The molecule has 4 nitrogen and oxygen atoms in total. The minimum absolute atomic E-state index is 0.349. The summed E-state index contributed by atoms with van der Waals surface area (Å²) in [6, 6.07) is 0. The van der Waals surface area contributed by atoms with Crippen molar-refractivity contribution in [1.82, 2.24) is 4.90 Å². The topological polar surface area (TPSA) is 41.9 Å². The Morgan fingerprint density at radius 3 is 2.79 bits per heavy atom. The molecule has 0 saturated carbocycles. The molecule has 1 rings (SSSR count). The van der Waals surface area contributed by atoms with Crippen LogP contribution in [0.3, 0.4) is 0 Å². The van der Waals surface area contributed by atoms with Gasteiger partial charge in [-0.15, -0.1) is 0 Å². The van der Waals surface area contributed by atoms with Crippen LogP contribution in [0.1, 0.15) is 13.3 Å². The molecule has 1 unspecified atom stereocenters. The lowest BCUT2D eigenvalue weighted by molar-refractivity contribution is 0.0218. The van der Waals surface area contributed by atoms with E-state index in [-0.39, 0.29) is 6.10 Å². The fourth-order valence-electron chi connectivity index (χ4n) is 1.47. The highest BCUT2D eigenvalue weighted by Gasteiger charge is 2.08. The summed E-state index contributed by atoms with van der Waals surface area (Å²) in [5.41, 5.74) is 0. The summed E-state index contributed by atoms with van der Waals surface area (Å²) in [5.74, 6) is 0. The van der Waals surface area contributed by atoms with Crippen LogP contribution in [0, 0.1) is 0 Å². The smallest absolute Gasteiger partial charge is 0.0745 e. The minimum Gasteiger partial charge on any atom is -0.391 e. The average Bonchev–Trinajstić information content (AvgIpc) is 2.18. The van der Waals surface area contributed by atoms with E-state index in [2.05, 4.69) is 4.90 Å². The maximum Gasteiger partial charge on any atom is 0.0745 e. The van der Waals surface area contributed by atoms with E-state index in [0.29, 0.717) is 6.61 Å². The predicted octanol–water partition coefficient (Wildman–Crippen LogP) is 0.106. The number of aliphatic hydroxyl groups is 1. The van der Waals surface area contributed by atoms with Gasteiger partial charge in [-0.25, -0.2) is 0 Å². The third kappa shape index (κ3) is 5.54. The van der Waals surface area contributed by atoms with Crippen LogP contribution in [-0.4, -0.2) is 62.2 Å². The van der Waals surface area contributed by atoms with Gasteiger partial charge in [0.15, 0.2) is 0 Å². The Morgan fingerprint density at radius 1 is 1.43 bits per heavy atom. The molecule has 1 atom stereocenters. The summed E-state index contributed by atoms with van der Waals surface area (Å²) in [5, 5.41) is 8.95. The van der Waals surface area contributed by atoms with Gasteiger partial charge in [0.2, 0.25) is 0 Å². The summed E-state index contributed by atoms with van der Waals surface area (Å²) >= 11 is 0. The standard InChI is InChI=1S/C10H21NO3/c1-10(12)9-14-6-2-3-11-4-7-13-8-5-11/h10,12H,2-9H2,1H3. The van der Waals surface area contributed by atoms with Gasteiger partial charge in [0.1, 0.15) is 0 Å². The molecule has 1 aliphatic heterocycles. The Hall–Kier alpha value is -0.160. The van der Waals surface area contributed by atoms with Crippen molar-refractivity contribution < 1.29 is 14.6 Å². The molecule has 1 N–H and O–H groups in total. The lowest BCUT2D eigenvalue weighted by atomic mass is 10.3. The summed E-state index contributed by atoms with van der Waals surface area (Å²) in [6.07, 6.45) is 0.686. The summed E-state index contributed by atoms with van der Waals surface area (Å²) in [7, 11) is 0. The maximum atomic E-state index is 8.95. The van der Waals surface area contributed by atoms with Crippen molar-refractivity contribution in [2.75, 3.05) is 46.1 Å². The number of nitrogens with zero attached hydrogens (tertiary/aromatic N) is 1. The first-order valence-electron chi connectivity index (χ1n) is 5.35. The van der Waals surface area contributed by atoms with Crippen LogP contribution in [-0.2, 0) is 9.47 Å². The average molecular weight is 203 g/mol. The molecule has 0 aliphatic carbocycles. The summed E-state index contributed by atoms with van der Waals surface area (Å²) in [6.45, 7) is 7.78. The summed E-state index contributed by atoms with van der Waals surface area (Å²) < 4.78 is 10.5. The highest BCUT2D eigenvalue weighted by atomic mass is 16.5. The Morgan fingerprint density at radius 2 is 2.14 bits per heavy atom. The molecule has 1 heterocycles. The van der Waals surface area contributed by atoms with Gasteiger partial charge in [0.25, 0.3) is 0 Å². The van der Waals surface area contributed by atoms with Gasteiger partial charge in [-0.2, -0.15) is 0 Å². The number of aliphatic hydroxyl groups excluding tert-OH is 1. The molecule has 0 radical (unpaired) electrons. The molecule has 1 saturated heterocycles. The first-order chi connectivity index (χ1) is 6.79. The summed E-state index contributed by atoms with van der Waals surface area (Å²) in [4.78, 5) is 2.38. The van der Waals surface area contributed by atoms with E-state index in [1.807, 2.05) is 0 Å². The lowest BCUT2D eigenvalue weighted by Crippen LogP contribution is -2.37. The highest BCUT2D eigenvalue weighted by Crippen LogP contribution is 1.98. The van der Waals surface area contributed by atoms with Crippen molar-refractivity contribution in [1.29, 1.82) is 0 Å². The zero-order chi connectivity index (χ0) is 10.2. The molecular formula is C10H21NO3. The number of ether oxygens (including phenoxy) is 2. The minimum atomic E-state index is -0.349.